The van der Waals surface area contributed by atoms with Crippen molar-refractivity contribution in [2.24, 2.45) is 0 Å². The van der Waals surface area contributed by atoms with E-state index in [9.17, 15) is 4.79 Å². The second kappa shape index (κ2) is 6.57. The van der Waals surface area contributed by atoms with Gasteiger partial charge in [0.2, 0.25) is 5.88 Å². The van der Waals surface area contributed by atoms with Crippen LogP contribution in [0.25, 0.3) is 10.9 Å². The highest BCUT2D eigenvalue weighted by Crippen LogP contribution is 2.27. The number of carbonyl (C=O) groups is 1. The van der Waals surface area contributed by atoms with Gasteiger partial charge in [-0.25, -0.2) is 9.80 Å². The van der Waals surface area contributed by atoms with E-state index in [-0.39, 0.29) is 11.4 Å². The number of anilines is 2. The third kappa shape index (κ3) is 3.45. The van der Waals surface area contributed by atoms with E-state index in [1.807, 2.05) is 50.0 Å². The number of rotatable bonds is 2. The van der Waals surface area contributed by atoms with Gasteiger partial charge in [-0.3, -0.25) is 15.3 Å². The van der Waals surface area contributed by atoms with Crippen LogP contribution in [0, 0.1) is 0 Å². The molecule has 27 heavy (non-hydrogen) atoms. The Hall–Kier alpha value is -3.09. The second-order valence-electron chi connectivity index (χ2n) is 7.74. The Morgan fingerprint density at radius 3 is 2.81 bits per heavy atom. The lowest BCUT2D eigenvalue weighted by molar-refractivity contribution is 0.217. The molecule has 0 bridgehead atoms. The molecule has 0 spiro atoms. The molecule has 7 nitrogen and oxygen atoms in total. The third-order valence-corrected chi connectivity index (χ3v) is 4.66. The first-order chi connectivity index (χ1) is 12.9. The highest BCUT2D eigenvalue weighted by molar-refractivity contribution is 5.90. The Morgan fingerprint density at radius 1 is 1.19 bits per heavy atom. The van der Waals surface area contributed by atoms with Gasteiger partial charge in [0.25, 0.3) is 0 Å². The van der Waals surface area contributed by atoms with Crippen molar-refractivity contribution < 1.29 is 9.32 Å². The molecule has 1 aliphatic rings. The topological polar surface area (TPSA) is 74.5 Å². The van der Waals surface area contributed by atoms with Crippen LogP contribution in [0.15, 0.2) is 47.1 Å². The van der Waals surface area contributed by atoms with Crippen LogP contribution in [0.5, 0.6) is 0 Å². The molecule has 0 saturated carbocycles. The molecular weight excluding hydrogens is 342 g/mol. The van der Waals surface area contributed by atoms with Crippen molar-refractivity contribution in [2.45, 2.75) is 32.6 Å². The number of amides is 2. The molecule has 0 unspecified atom stereocenters. The van der Waals surface area contributed by atoms with Gasteiger partial charge in [-0.15, -0.1) is 0 Å². The molecule has 1 N–H and O–H groups in total. The van der Waals surface area contributed by atoms with Crippen molar-refractivity contribution in [3.63, 3.8) is 0 Å². The largest absolute Gasteiger partial charge is 0.343 e. The summed E-state index contributed by atoms with van der Waals surface area (Å²) >= 11 is 0. The van der Waals surface area contributed by atoms with Gasteiger partial charge >= 0.3 is 6.03 Å². The first kappa shape index (κ1) is 17.3. The van der Waals surface area contributed by atoms with Gasteiger partial charge in [-0.2, -0.15) is 0 Å². The van der Waals surface area contributed by atoms with Crippen LogP contribution in [0.2, 0.25) is 0 Å². The van der Waals surface area contributed by atoms with E-state index < -0.39 is 0 Å². The molecular formula is C20H23N5O2. The molecule has 3 aromatic rings. The molecule has 1 aromatic carbocycles. The van der Waals surface area contributed by atoms with Crippen LogP contribution in [-0.4, -0.2) is 34.3 Å². The fourth-order valence-electron chi connectivity index (χ4n) is 3.17. The molecule has 4 rings (SSSR count). The van der Waals surface area contributed by atoms with Crippen LogP contribution in [0.3, 0.4) is 0 Å². The molecule has 0 radical (unpaired) electrons. The zero-order chi connectivity index (χ0) is 19.0. The number of aromatic nitrogens is 2. The fourth-order valence-corrected chi connectivity index (χ4v) is 3.17. The fraction of sp³-hybridized carbons (Fsp3) is 0.350. The maximum atomic E-state index is 12.8. The normalized spacial score (nSPS) is 14.8. The second-order valence-corrected chi connectivity index (χ2v) is 7.74. The molecule has 7 heteroatoms. The average Bonchev–Trinajstić information content (AvgIpc) is 3.30. The van der Waals surface area contributed by atoms with E-state index in [2.05, 4.69) is 21.5 Å². The molecule has 140 valence electrons. The van der Waals surface area contributed by atoms with Crippen LogP contribution < -0.4 is 10.3 Å². The number of nitrogens with one attached hydrogen (secondary N) is 1. The molecule has 1 fully saturated rings. The highest BCUT2D eigenvalue weighted by atomic mass is 16.5. The molecule has 1 aliphatic heterocycles. The Bertz CT molecular complexity index is 976. The lowest BCUT2D eigenvalue weighted by atomic mass is 9.92. The summed E-state index contributed by atoms with van der Waals surface area (Å²) in [5.41, 5.74) is 2.58. The third-order valence-electron chi connectivity index (χ3n) is 4.66. The smallest absolute Gasteiger partial charge is 0.338 e. The van der Waals surface area contributed by atoms with Crippen molar-refractivity contribution >= 4 is 28.5 Å². The predicted octanol–water partition coefficient (Wildman–Crippen LogP) is 4.18. The van der Waals surface area contributed by atoms with Crippen molar-refractivity contribution in [2.75, 3.05) is 23.4 Å². The number of hydrogen-bond donors (Lipinski definition) is 1. The van der Waals surface area contributed by atoms with Gasteiger partial charge in [0, 0.05) is 36.2 Å². The molecule has 2 aromatic heterocycles. The number of hydrazine groups is 1. The lowest BCUT2D eigenvalue weighted by Gasteiger charge is -2.29. The van der Waals surface area contributed by atoms with E-state index >= 15 is 0 Å². The monoisotopic (exact) mass is 365 g/mol. The van der Waals surface area contributed by atoms with Crippen LogP contribution in [-0.2, 0) is 5.41 Å². The molecule has 0 aliphatic carbocycles. The van der Waals surface area contributed by atoms with Crippen molar-refractivity contribution in [3.05, 3.63) is 48.3 Å². The maximum Gasteiger partial charge on any atom is 0.343 e. The number of hydrogen-bond acceptors (Lipinski definition) is 5. The Kier molecular flexibility index (Phi) is 4.22. The summed E-state index contributed by atoms with van der Waals surface area (Å²) in [7, 11) is 0. The van der Waals surface area contributed by atoms with Crippen LogP contribution in [0.4, 0.5) is 16.4 Å². The van der Waals surface area contributed by atoms with Gasteiger partial charge in [-0.05, 0) is 30.7 Å². The van der Waals surface area contributed by atoms with Crippen LogP contribution in [0.1, 0.15) is 32.9 Å². The summed E-state index contributed by atoms with van der Waals surface area (Å²) < 4.78 is 5.28. The standard InChI is InChI=1S/C20H23N5O2/c1-20(2,3)17-13-18(27-23-17)22-19(26)25-11-5-10-24(25)15-7-8-16-14(12-15)6-4-9-21-16/h4,6-9,12-13H,5,10-11H2,1-3H3,(H,22,26). The number of fused-ring (bicyclic) bond motifs is 1. The molecule has 1 saturated heterocycles. The molecule has 3 heterocycles. The minimum Gasteiger partial charge on any atom is -0.338 e. The summed E-state index contributed by atoms with van der Waals surface area (Å²) in [4.78, 5) is 17.1. The molecule has 0 atom stereocenters. The number of nitrogens with zero attached hydrogens (tertiary/aromatic N) is 4. The molecule has 2 amide bonds. The number of pyridine rings is 1. The zero-order valence-corrected chi connectivity index (χ0v) is 15.8. The first-order valence-corrected chi connectivity index (χ1v) is 9.10. The lowest BCUT2D eigenvalue weighted by Crippen LogP contribution is -2.43. The van der Waals surface area contributed by atoms with Crippen molar-refractivity contribution in [1.29, 1.82) is 0 Å². The average molecular weight is 365 g/mol. The van der Waals surface area contributed by atoms with Gasteiger partial charge in [0.05, 0.1) is 16.9 Å². The number of urea groups is 1. The van der Waals surface area contributed by atoms with Crippen molar-refractivity contribution in [3.8, 4) is 0 Å². The van der Waals surface area contributed by atoms with E-state index in [0.717, 1.165) is 35.2 Å². The number of carbonyl (C=O) groups excluding carboxylic acids is 1. The first-order valence-electron chi connectivity index (χ1n) is 9.10. The summed E-state index contributed by atoms with van der Waals surface area (Å²) in [6.07, 6.45) is 2.68. The Labute approximate surface area is 157 Å². The summed E-state index contributed by atoms with van der Waals surface area (Å²) in [5.74, 6) is 0.361. The Morgan fingerprint density at radius 2 is 2.04 bits per heavy atom. The minimum absolute atomic E-state index is 0.134. The Balaban J connectivity index is 1.53. The van der Waals surface area contributed by atoms with Gasteiger partial charge < -0.3 is 4.52 Å². The van der Waals surface area contributed by atoms with Gasteiger partial charge in [-0.1, -0.05) is 32.0 Å². The van der Waals surface area contributed by atoms with Gasteiger partial charge in [0.15, 0.2) is 0 Å². The van der Waals surface area contributed by atoms with E-state index in [4.69, 9.17) is 4.52 Å². The highest BCUT2D eigenvalue weighted by Gasteiger charge is 2.28. The van der Waals surface area contributed by atoms with E-state index in [0.29, 0.717) is 12.4 Å². The number of benzene rings is 1. The summed E-state index contributed by atoms with van der Waals surface area (Å²) in [6, 6.07) is 11.5. The van der Waals surface area contributed by atoms with Crippen molar-refractivity contribution in [1.82, 2.24) is 15.1 Å². The van der Waals surface area contributed by atoms with Gasteiger partial charge in [0.1, 0.15) is 0 Å². The zero-order valence-electron chi connectivity index (χ0n) is 15.8. The predicted molar refractivity (Wildman–Crippen MR) is 105 cm³/mol. The van der Waals surface area contributed by atoms with E-state index in [1.165, 1.54) is 0 Å². The maximum absolute atomic E-state index is 12.8. The SMILES string of the molecule is CC(C)(C)c1cc(NC(=O)N2CCCN2c2ccc3ncccc3c2)on1. The summed E-state index contributed by atoms with van der Waals surface area (Å²) in [6.45, 7) is 7.58. The quantitative estimate of drug-likeness (QED) is 0.737. The summed E-state index contributed by atoms with van der Waals surface area (Å²) in [5, 5.41) is 11.6. The van der Waals surface area contributed by atoms with E-state index in [1.54, 1.807) is 17.3 Å². The minimum atomic E-state index is -0.226. The van der Waals surface area contributed by atoms with Crippen LogP contribution >= 0.6 is 0 Å².